The number of rotatable bonds is 7. The summed E-state index contributed by atoms with van der Waals surface area (Å²) in [4.78, 5) is 25.8. The highest BCUT2D eigenvalue weighted by atomic mass is 16.5. The predicted octanol–water partition coefficient (Wildman–Crippen LogP) is 2.83. The van der Waals surface area contributed by atoms with Crippen molar-refractivity contribution in [2.24, 2.45) is 0 Å². The number of benzene rings is 2. The minimum Gasteiger partial charge on any atom is -0.452 e. The van der Waals surface area contributed by atoms with Crippen LogP contribution in [0, 0.1) is 0 Å². The number of hydrogen-bond acceptors (Lipinski definition) is 4. The standard InChI is InChI=1S/C20H24N2O3/c1-15(16-7-5-4-6-8-16)13-21-19(23)14-25-20(24)17-9-11-18(12-10-17)22(2)3/h4-12,15H,13-14H2,1-3H3,(H,21,23)/t15-/m0/s1. The number of anilines is 1. The monoisotopic (exact) mass is 340 g/mol. The van der Waals surface area contributed by atoms with Crippen molar-refractivity contribution in [3.8, 4) is 0 Å². The lowest BCUT2D eigenvalue weighted by molar-refractivity contribution is -0.124. The van der Waals surface area contributed by atoms with Crippen LogP contribution in [0.5, 0.6) is 0 Å². The lowest BCUT2D eigenvalue weighted by Crippen LogP contribution is -2.31. The topological polar surface area (TPSA) is 58.6 Å². The molecule has 0 unspecified atom stereocenters. The molecule has 0 radical (unpaired) electrons. The van der Waals surface area contributed by atoms with E-state index >= 15 is 0 Å². The van der Waals surface area contributed by atoms with Gasteiger partial charge in [0.15, 0.2) is 6.61 Å². The molecular formula is C20H24N2O3. The molecule has 0 saturated carbocycles. The molecule has 1 atom stereocenters. The average Bonchev–Trinajstić information content (AvgIpc) is 2.64. The summed E-state index contributed by atoms with van der Waals surface area (Å²) >= 11 is 0. The average molecular weight is 340 g/mol. The van der Waals surface area contributed by atoms with Crippen LogP contribution in [-0.4, -0.2) is 39.1 Å². The molecule has 0 aliphatic rings. The summed E-state index contributed by atoms with van der Waals surface area (Å²) in [5, 5.41) is 2.79. The highest BCUT2D eigenvalue weighted by molar-refractivity contribution is 5.91. The van der Waals surface area contributed by atoms with Crippen molar-refractivity contribution in [1.82, 2.24) is 5.32 Å². The number of carbonyl (C=O) groups excluding carboxylic acids is 2. The smallest absolute Gasteiger partial charge is 0.338 e. The van der Waals surface area contributed by atoms with Gasteiger partial charge in [0.1, 0.15) is 0 Å². The number of nitrogens with one attached hydrogen (secondary N) is 1. The highest BCUT2D eigenvalue weighted by Crippen LogP contribution is 2.14. The second kappa shape index (κ2) is 8.87. The van der Waals surface area contributed by atoms with Crippen molar-refractivity contribution in [3.05, 3.63) is 65.7 Å². The summed E-state index contributed by atoms with van der Waals surface area (Å²) in [6.45, 7) is 2.25. The van der Waals surface area contributed by atoms with Gasteiger partial charge in [-0.2, -0.15) is 0 Å². The van der Waals surface area contributed by atoms with Crippen LogP contribution in [0.25, 0.3) is 0 Å². The van der Waals surface area contributed by atoms with Gasteiger partial charge in [0.25, 0.3) is 5.91 Å². The molecule has 2 rings (SSSR count). The third-order valence-electron chi connectivity index (χ3n) is 3.93. The third-order valence-corrected chi connectivity index (χ3v) is 3.93. The first-order chi connectivity index (χ1) is 12.0. The van der Waals surface area contributed by atoms with Crippen LogP contribution in [-0.2, 0) is 9.53 Å². The lowest BCUT2D eigenvalue weighted by Gasteiger charge is -2.14. The molecule has 0 heterocycles. The van der Waals surface area contributed by atoms with Gasteiger partial charge in [-0.15, -0.1) is 0 Å². The SMILES string of the molecule is C[C@@H](CNC(=O)COC(=O)c1ccc(N(C)C)cc1)c1ccccc1. The van der Waals surface area contributed by atoms with Crippen LogP contribution in [0.3, 0.4) is 0 Å². The molecule has 25 heavy (non-hydrogen) atoms. The van der Waals surface area contributed by atoms with Gasteiger partial charge in [0.2, 0.25) is 0 Å². The number of amides is 1. The van der Waals surface area contributed by atoms with Crippen LogP contribution < -0.4 is 10.2 Å². The molecule has 5 nitrogen and oxygen atoms in total. The zero-order valence-corrected chi connectivity index (χ0v) is 14.9. The van der Waals surface area contributed by atoms with Crippen LogP contribution in [0.2, 0.25) is 0 Å². The van der Waals surface area contributed by atoms with E-state index in [1.807, 2.05) is 68.4 Å². The maximum Gasteiger partial charge on any atom is 0.338 e. The van der Waals surface area contributed by atoms with Gasteiger partial charge in [-0.3, -0.25) is 4.79 Å². The minimum atomic E-state index is -0.503. The van der Waals surface area contributed by atoms with Crippen molar-refractivity contribution in [2.75, 3.05) is 32.1 Å². The first kappa shape index (κ1) is 18.5. The Bertz CT molecular complexity index is 697. The molecule has 0 aliphatic heterocycles. The fourth-order valence-corrected chi connectivity index (χ4v) is 2.33. The molecule has 0 spiro atoms. The van der Waals surface area contributed by atoms with E-state index in [0.717, 1.165) is 11.3 Å². The zero-order chi connectivity index (χ0) is 18.2. The molecule has 0 bridgehead atoms. The van der Waals surface area contributed by atoms with Gasteiger partial charge >= 0.3 is 5.97 Å². The normalized spacial score (nSPS) is 11.5. The summed E-state index contributed by atoms with van der Waals surface area (Å²) in [6.07, 6.45) is 0. The molecule has 5 heteroatoms. The van der Waals surface area contributed by atoms with Gasteiger partial charge in [-0.25, -0.2) is 4.79 Å². The Labute approximate surface area is 148 Å². The quantitative estimate of drug-likeness (QED) is 0.788. The first-order valence-electron chi connectivity index (χ1n) is 8.23. The van der Waals surface area contributed by atoms with E-state index in [1.54, 1.807) is 12.1 Å². The molecule has 132 valence electrons. The largest absolute Gasteiger partial charge is 0.452 e. The van der Waals surface area contributed by atoms with Crippen LogP contribution in [0.4, 0.5) is 5.69 Å². The van der Waals surface area contributed by atoms with Gasteiger partial charge in [0.05, 0.1) is 5.56 Å². The fraction of sp³-hybridized carbons (Fsp3) is 0.300. The van der Waals surface area contributed by atoms with Crippen LogP contribution in [0.15, 0.2) is 54.6 Å². The second-order valence-corrected chi connectivity index (χ2v) is 6.13. The van der Waals surface area contributed by atoms with Gasteiger partial charge in [0, 0.05) is 26.3 Å². The summed E-state index contributed by atoms with van der Waals surface area (Å²) in [5.41, 5.74) is 2.57. The molecule has 1 amide bonds. The molecule has 1 N–H and O–H groups in total. The Morgan fingerprint density at radius 1 is 1.04 bits per heavy atom. The van der Waals surface area contributed by atoms with Crippen molar-refractivity contribution in [2.45, 2.75) is 12.8 Å². The lowest BCUT2D eigenvalue weighted by atomic mass is 10.0. The molecule has 0 aromatic heterocycles. The van der Waals surface area contributed by atoms with Crippen molar-refractivity contribution in [3.63, 3.8) is 0 Å². The van der Waals surface area contributed by atoms with E-state index in [-0.39, 0.29) is 18.4 Å². The molecule has 0 aliphatic carbocycles. The zero-order valence-electron chi connectivity index (χ0n) is 14.9. The minimum absolute atomic E-state index is 0.194. The number of esters is 1. The molecule has 0 saturated heterocycles. The van der Waals surface area contributed by atoms with Crippen LogP contribution in [0.1, 0.15) is 28.8 Å². The maximum atomic E-state index is 12.0. The summed E-state index contributed by atoms with van der Waals surface area (Å²) < 4.78 is 5.06. The van der Waals surface area contributed by atoms with Crippen molar-refractivity contribution >= 4 is 17.6 Å². The summed E-state index contributed by atoms with van der Waals surface area (Å²) in [5.74, 6) is -0.614. The van der Waals surface area contributed by atoms with E-state index in [1.165, 1.54) is 0 Å². The molecule has 0 fully saturated rings. The predicted molar refractivity (Wildman–Crippen MR) is 98.9 cm³/mol. The summed E-state index contributed by atoms with van der Waals surface area (Å²) in [7, 11) is 3.85. The fourth-order valence-electron chi connectivity index (χ4n) is 2.33. The first-order valence-corrected chi connectivity index (χ1v) is 8.23. The highest BCUT2D eigenvalue weighted by Gasteiger charge is 2.12. The maximum absolute atomic E-state index is 12.0. The molecule has 2 aromatic carbocycles. The number of hydrogen-bond donors (Lipinski definition) is 1. The van der Waals surface area contributed by atoms with E-state index in [0.29, 0.717) is 12.1 Å². The van der Waals surface area contributed by atoms with Gasteiger partial charge in [-0.1, -0.05) is 37.3 Å². The summed E-state index contributed by atoms with van der Waals surface area (Å²) in [6, 6.07) is 17.0. The Morgan fingerprint density at radius 3 is 2.28 bits per heavy atom. The number of nitrogens with zero attached hydrogens (tertiary/aromatic N) is 1. The molecular weight excluding hydrogens is 316 g/mol. The van der Waals surface area contributed by atoms with E-state index in [2.05, 4.69) is 5.32 Å². The van der Waals surface area contributed by atoms with Crippen LogP contribution >= 0.6 is 0 Å². The second-order valence-electron chi connectivity index (χ2n) is 6.13. The van der Waals surface area contributed by atoms with Gasteiger partial charge < -0.3 is 15.0 Å². The Morgan fingerprint density at radius 2 is 1.68 bits per heavy atom. The Hall–Kier alpha value is -2.82. The number of carbonyl (C=O) groups is 2. The van der Waals surface area contributed by atoms with E-state index in [4.69, 9.17) is 4.74 Å². The Kier molecular flexibility index (Phi) is 6.57. The third kappa shape index (κ3) is 5.64. The van der Waals surface area contributed by atoms with E-state index in [9.17, 15) is 9.59 Å². The molecule has 2 aromatic rings. The Balaban J connectivity index is 1.76. The number of ether oxygens (including phenoxy) is 1. The van der Waals surface area contributed by atoms with Gasteiger partial charge in [-0.05, 0) is 35.7 Å². The van der Waals surface area contributed by atoms with Crippen molar-refractivity contribution < 1.29 is 14.3 Å². The van der Waals surface area contributed by atoms with Crippen molar-refractivity contribution in [1.29, 1.82) is 0 Å². The van der Waals surface area contributed by atoms with E-state index < -0.39 is 5.97 Å².